The third-order valence-electron chi connectivity index (χ3n) is 4.30. The van der Waals surface area contributed by atoms with Crippen LogP contribution < -0.4 is 5.32 Å². The van der Waals surface area contributed by atoms with E-state index >= 15 is 0 Å². The number of hydrogen-bond acceptors (Lipinski definition) is 3. The molecule has 3 aromatic rings. The van der Waals surface area contributed by atoms with Crippen molar-refractivity contribution in [2.75, 3.05) is 5.32 Å². The maximum Gasteiger partial charge on any atom is 0.222 e. The van der Waals surface area contributed by atoms with E-state index in [-0.39, 0.29) is 22.6 Å². The van der Waals surface area contributed by atoms with Gasteiger partial charge in [0.2, 0.25) is 5.95 Å². The molecule has 2 atom stereocenters. The summed E-state index contributed by atoms with van der Waals surface area (Å²) in [6, 6.07) is 6.70. The van der Waals surface area contributed by atoms with E-state index in [0.29, 0.717) is 5.95 Å². The van der Waals surface area contributed by atoms with Crippen LogP contribution in [0.5, 0.6) is 0 Å². The summed E-state index contributed by atoms with van der Waals surface area (Å²) in [4.78, 5) is 4.09. The average Bonchev–Trinajstić information content (AvgIpc) is 3.03. The van der Waals surface area contributed by atoms with Crippen molar-refractivity contribution in [1.29, 1.82) is 0 Å². The number of aromatic nitrogens is 3. The van der Waals surface area contributed by atoms with E-state index < -0.39 is 29.5 Å². The van der Waals surface area contributed by atoms with Crippen LogP contribution in [0.4, 0.5) is 19.1 Å². The summed E-state index contributed by atoms with van der Waals surface area (Å²) >= 11 is 6.20. The molecule has 0 saturated carbocycles. The molecule has 1 aliphatic rings. The van der Waals surface area contributed by atoms with Crippen molar-refractivity contribution >= 4 is 17.5 Å². The fourth-order valence-corrected chi connectivity index (χ4v) is 3.47. The number of rotatable bonds is 2. The first-order valence-corrected chi connectivity index (χ1v) is 7.97. The highest BCUT2D eigenvalue weighted by Gasteiger charge is 2.33. The molecule has 0 amide bonds. The first kappa shape index (κ1) is 16.0. The zero-order chi connectivity index (χ0) is 17.6. The van der Waals surface area contributed by atoms with Crippen molar-refractivity contribution in [2.45, 2.75) is 18.5 Å². The van der Waals surface area contributed by atoms with Crippen LogP contribution in [0.2, 0.25) is 5.02 Å². The monoisotopic (exact) mass is 364 g/mol. The Labute approximate surface area is 146 Å². The minimum absolute atomic E-state index is 0.256. The molecule has 1 aliphatic heterocycles. The average molecular weight is 365 g/mol. The van der Waals surface area contributed by atoms with Gasteiger partial charge in [-0.25, -0.2) is 17.9 Å². The maximum atomic E-state index is 14.4. The standard InChI is InChI=1S/C17H12ClF3N4/c18-11-2-1-3-12(20)16(11)15-7-14(24-17-22-8-23-25(15)17)10-5-4-9(19)6-13(10)21/h1-6,8,14-15H,7H2,(H,22,23,24)/t14-,15+/m0/s1. The van der Waals surface area contributed by atoms with E-state index in [2.05, 4.69) is 15.4 Å². The maximum absolute atomic E-state index is 14.4. The van der Waals surface area contributed by atoms with Crippen LogP contribution >= 0.6 is 11.6 Å². The van der Waals surface area contributed by atoms with E-state index in [0.717, 1.165) is 6.07 Å². The van der Waals surface area contributed by atoms with Crippen molar-refractivity contribution in [3.63, 3.8) is 0 Å². The lowest BCUT2D eigenvalue weighted by molar-refractivity contribution is 0.409. The zero-order valence-corrected chi connectivity index (χ0v) is 13.5. The highest BCUT2D eigenvalue weighted by atomic mass is 35.5. The van der Waals surface area contributed by atoms with E-state index in [1.54, 1.807) is 6.07 Å². The molecule has 0 spiro atoms. The normalized spacial score (nSPS) is 19.4. The van der Waals surface area contributed by atoms with Crippen LogP contribution in [0.3, 0.4) is 0 Å². The van der Waals surface area contributed by atoms with Crippen LogP contribution in [0, 0.1) is 17.5 Å². The predicted molar refractivity (Wildman–Crippen MR) is 86.9 cm³/mol. The number of nitrogens with zero attached hydrogens (tertiary/aromatic N) is 3. The van der Waals surface area contributed by atoms with Crippen LogP contribution in [0.25, 0.3) is 0 Å². The second-order valence-corrected chi connectivity index (χ2v) is 6.19. The Morgan fingerprint density at radius 2 is 1.96 bits per heavy atom. The lowest BCUT2D eigenvalue weighted by atomic mass is 9.92. The van der Waals surface area contributed by atoms with Gasteiger partial charge in [0, 0.05) is 22.2 Å². The Hall–Kier alpha value is -2.54. The van der Waals surface area contributed by atoms with Gasteiger partial charge in [-0.2, -0.15) is 10.1 Å². The lowest BCUT2D eigenvalue weighted by Gasteiger charge is -2.32. The Balaban J connectivity index is 1.81. The van der Waals surface area contributed by atoms with Crippen molar-refractivity contribution in [1.82, 2.24) is 14.8 Å². The predicted octanol–water partition coefficient (Wildman–Crippen LogP) is 4.50. The molecule has 4 rings (SSSR count). The summed E-state index contributed by atoms with van der Waals surface area (Å²) in [6.45, 7) is 0. The smallest absolute Gasteiger partial charge is 0.222 e. The molecular weight excluding hydrogens is 353 g/mol. The first-order valence-electron chi connectivity index (χ1n) is 7.59. The van der Waals surface area contributed by atoms with Crippen molar-refractivity contribution < 1.29 is 13.2 Å². The highest BCUT2D eigenvalue weighted by Crippen LogP contribution is 2.41. The Kier molecular flexibility index (Phi) is 3.88. The molecule has 2 heterocycles. The summed E-state index contributed by atoms with van der Waals surface area (Å²) in [6.07, 6.45) is 1.60. The Bertz CT molecular complexity index is 923. The highest BCUT2D eigenvalue weighted by molar-refractivity contribution is 6.31. The molecule has 0 saturated heterocycles. The second-order valence-electron chi connectivity index (χ2n) is 5.78. The number of hydrogen-bond donors (Lipinski definition) is 1. The molecule has 2 aromatic carbocycles. The molecule has 0 radical (unpaired) electrons. The molecule has 1 N–H and O–H groups in total. The van der Waals surface area contributed by atoms with Crippen LogP contribution in [-0.4, -0.2) is 14.8 Å². The second kappa shape index (κ2) is 6.07. The quantitative estimate of drug-likeness (QED) is 0.728. The summed E-state index contributed by atoms with van der Waals surface area (Å²) in [5, 5.41) is 7.44. The summed E-state index contributed by atoms with van der Waals surface area (Å²) in [5.41, 5.74) is 0.540. The van der Waals surface area contributed by atoms with Gasteiger partial charge in [0.25, 0.3) is 0 Å². The molecular formula is C17H12ClF3N4. The SMILES string of the molecule is Fc1ccc([C@@H]2C[C@H](c3c(F)cccc3Cl)n3ncnc3N2)c(F)c1. The van der Waals surface area contributed by atoms with Crippen LogP contribution in [-0.2, 0) is 0 Å². The fourth-order valence-electron chi connectivity index (χ4n) is 3.18. The number of benzene rings is 2. The van der Waals surface area contributed by atoms with Gasteiger partial charge in [0.05, 0.1) is 12.1 Å². The minimum atomic E-state index is -0.677. The molecule has 8 heteroatoms. The van der Waals surface area contributed by atoms with Gasteiger partial charge in [-0.3, -0.25) is 0 Å². The van der Waals surface area contributed by atoms with E-state index in [1.807, 2.05) is 0 Å². The van der Waals surface area contributed by atoms with Gasteiger partial charge in [-0.05, 0) is 24.6 Å². The minimum Gasteiger partial charge on any atom is -0.347 e. The summed E-state index contributed by atoms with van der Waals surface area (Å²) in [7, 11) is 0. The van der Waals surface area contributed by atoms with Gasteiger partial charge in [-0.1, -0.05) is 23.7 Å². The zero-order valence-electron chi connectivity index (χ0n) is 12.8. The van der Waals surface area contributed by atoms with Gasteiger partial charge < -0.3 is 5.32 Å². The van der Waals surface area contributed by atoms with E-state index in [1.165, 1.54) is 35.3 Å². The molecule has 4 nitrogen and oxygen atoms in total. The van der Waals surface area contributed by atoms with Crippen LogP contribution in [0.15, 0.2) is 42.7 Å². The number of halogens is 4. The first-order chi connectivity index (χ1) is 12.0. The van der Waals surface area contributed by atoms with Crippen LogP contribution in [0.1, 0.15) is 29.6 Å². The largest absolute Gasteiger partial charge is 0.347 e. The summed E-state index contributed by atoms with van der Waals surface area (Å²) in [5.74, 6) is -1.44. The topological polar surface area (TPSA) is 42.7 Å². The molecule has 0 bridgehead atoms. The third-order valence-corrected chi connectivity index (χ3v) is 4.63. The molecule has 1 aromatic heterocycles. The van der Waals surface area contributed by atoms with Crippen molar-refractivity contribution in [3.8, 4) is 0 Å². The molecule has 0 aliphatic carbocycles. The number of anilines is 1. The van der Waals surface area contributed by atoms with Gasteiger partial charge in [0.15, 0.2) is 0 Å². The molecule has 25 heavy (non-hydrogen) atoms. The van der Waals surface area contributed by atoms with E-state index in [4.69, 9.17) is 11.6 Å². The number of nitrogens with one attached hydrogen (secondary N) is 1. The Morgan fingerprint density at radius 3 is 2.72 bits per heavy atom. The lowest BCUT2D eigenvalue weighted by Crippen LogP contribution is -2.29. The van der Waals surface area contributed by atoms with Crippen molar-refractivity contribution in [2.24, 2.45) is 0 Å². The molecule has 0 unspecified atom stereocenters. The fraction of sp³-hybridized carbons (Fsp3) is 0.176. The molecule has 0 fully saturated rings. The van der Waals surface area contributed by atoms with E-state index in [9.17, 15) is 13.2 Å². The Morgan fingerprint density at radius 1 is 1.12 bits per heavy atom. The summed E-state index contributed by atoms with van der Waals surface area (Å²) < 4.78 is 43.3. The molecule has 128 valence electrons. The third kappa shape index (κ3) is 2.74. The van der Waals surface area contributed by atoms with Gasteiger partial charge in [-0.15, -0.1) is 0 Å². The van der Waals surface area contributed by atoms with Crippen molar-refractivity contribution in [3.05, 3.63) is 76.3 Å². The number of fused-ring (bicyclic) bond motifs is 1. The van der Waals surface area contributed by atoms with Gasteiger partial charge in [0.1, 0.15) is 23.8 Å². The van der Waals surface area contributed by atoms with Gasteiger partial charge >= 0.3 is 0 Å².